The quantitative estimate of drug-likeness (QED) is 0.488. The molecule has 0 atom stereocenters. The van der Waals surface area contributed by atoms with Gasteiger partial charge in [-0.2, -0.15) is 0 Å². The minimum atomic E-state index is -0.258. The Balaban J connectivity index is 1.54. The van der Waals surface area contributed by atoms with Crippen LogP contribution >= 0.6 is 12.2 Å². The van der Waals surface area contributed by atoms with Crippen LogP contribution in [0.15, 0.2) is 77.2 Å². The standard InChI is InChI=1S/C22H17N3O2S/c1-14-11-12-16(21-23-17-9-5-6-10-19(17)27-21)13-18(14)24-22(28)25-20(26)15-7-3-2-4-8-15/h2-13H,1H3,(H2,24,25,26,28). The monoisotopic (exact) mass is 387 g/mol. The summed E-state index contributed by atoms with van der Waals surface area (Å²) in [6, 6.07) is 22.3. The average molecular weight is 387 g/mol. The largest absolute Gasteiger partial charge is 0.436 e. The van der Waals surface area contributed by atoms with Gasteiger partial charge >= 0.3 is 0 Å². The first kappa shape index (κ1) is 17.9. The van der Waals surface area contributed by atoms with E-state index in [4.69, 9.17) is 16.6 Å². The smallest absolute Gasteiger partial charge is 0.257 e. The molecule has 5 nitrogen and oxygen atoms in total. The van der Waals surface area contributed by atoms with Gasteiger partial charge in [-0.3, -0.25) is 10.1 Å². The highest BCUT2D eigenvalue weighted by molar-refractivity contribution is 7.80. The van der Waals surface area contributed by atoms with E-state index in [0.717, 1.165) is 27.9 Å². The summed E-state index contributed by atoms with van der Waals surface area (Å²) in [7, 11) is 0. The van der Waals surface area contributed by atoms with Crippen LogP contribution in [0, 0.1) is 6.92 Å². The Morgan fingerprint density at radius 1 is 1.00 bits per heavy atom. The van der Waals surface area contributed by atoms with Crippen molar-refractivity contribution in [1.29, 1.82) is 0 Å². The van der Waals surface area contributed by atoms with Crippen molar-refractivity contribution in [2.75, 3.05) is 5.32 Å². The first-order valence-corrected chi connectivity index (χ1v) is 9.15. The van der Waals surface area contributed by atoms with Crippen LogP contribution in [0.3, 0.4) is 0 Å². The molecular weight excluding hydrogens is 370 g/mol. The molecule has 1 aromatic heterocycles. The lowest BCUT2D eigenvalue weighted by molar-refractivity contribution is 0.0977. The lowest BCUT2D eigenvalue weighted by Crippen LogP contribution is -2.34. The van der Waals surface area contributed by atoms with Crippen molar-refractivity contribution in [3.63, 3.8) is 0 Å². The Bertz CT molecular complexity index is 1140. The summed E-state index contributed by atoms with van der Waals surface area (Å²) in [5.74, 6) is 0.273. The van der Waals surface area contributed by atoms with Gasteiger partial charge in [0.15, 0.2) is 10.7 Å². The van der Waals surface area contributed by atoms with Gasteiger partial charge in [0.25, 0.3) is 5.91 Å². The number of aryl methyl sites for hydroxylation is 1. The molecule has 0 unspecified atom stereocenters. The first-order chi connectivity index (χ1) is 13.6. The number of carbonyl (C=O) groups excluding carboxylic acids is 1. The molecule has 28 heavy (non-hydrogen) atoms. The van der Waals surface area contributed by atoms with Crippen LogP contribution in [0.2, 0.25) is 0 Å². The van der Waals surface area contributed by atoms with Crippen LogP contribution in [0.1, 0.15) is 15.9 Å². The van der Waals surface area contributed by atoms with E-state index in [-0.39, 0.29) is 11.0 Å². The Labute approximate surface area is 167 Å². The molecule has 0 bridgehead atoms. The number of aromatic nitrogens is 1. The molecule has 138 valence electrons. The number of carbonyl (C=O) groups is 1. The van der Waals surface area contributed by atoms with Crippen molar-refractivity contribution in [2.24, 2.45) is 0 Å². The van der Waals surface area contributed by atoms with E-state index in [1.165, 1.54) is 0 Å². The predicted molar refractivity (Wildman–Crippen MR) is 114 cm³/mol. The summed E-state index contributed by atoms with van der Waals surface area (Å²) < 4.78 is 5.83. The van der Waals surface area contributed by atoms with Gasteiger partial charge in [-0.1, -0.05) is 36.4 Å². The maximum atomic E-state index is 12.3. The Morgan fingerprint density at radius 2 is 1.75 bits per heavy atom. The molecule has 1 heterocycles. The maximum absolute atomic E-state index is 12.3. The van der Waals surface area contributed by atoms with Crippen LogP contribution in [0.25, 0.3) is 22.6 Å². The number of thiocarbonyl (C=S) groups is 1. The van der Waals surface area contributed by atoms with Gasteiger partial charge in [-0.15, -0.1) is 0 Å². The number of fused-ring (bicyclic) bond motifs is 1. The second kappa shape index (κ2) is 7.62. The summed E-state index contributed by atoms with van der Waals surface area (Å²) in [6.45, 7) is 1.96. The van der Waals surface area contributed by atoms with Gasteiger partial charge < -0.3 is 9.73 Å². The van der Waals surface area contributed by atoms with Crippen molar-refractivity contribution in [3.05, 3.63) is 83.9 Å². The number of hydrogen-bond donors (Lipinski definition) is 2. The van der Waals surface area contributed by atoms with Crippen LogP contribution in [-0.2, 0) is 0 Å². The minimum absolute atomic E-state index is 0.228. The molecule has 0 radical (unpaired) electrons. The molecule has 0 saturated heterocycles. The van der Waals surface area contributed by atoms with E-state index in [2.05, 4.69) is 15.6 Å². The summed E-state index contributed by atoms with van der Waals surface area (Å²) in [4.78, 5) is 16.8. The van der Waals surface area contributed by atoms with E-state index in [1.807, 2.05) is 55.5 Å². The lowest BCUT2D eigenvalue weighted by Gasteiger charge is -2.12. The molecular formula is C22H17N3O2S. The normalized spacial score (nSPS) is 10.6. The number of nitrogens with zero attached hydrogens (tertiary/aromatic N) is 1. The molecule has 0 aliphatic heterocycles. The Kier molecular flexibility index (Phi) is 4.87. The van der Waals surface area contributed by atoms with E-state index < -0.39 is 0 Å². The predicted octanol–water partition coefficient (Wildman–Crippen LogP) is 4.93. The molecule has 4 aromatic rings. The zero-order chi connectivity index (χ0) is 19.5. The van der Waals surface area contributed by atoms with Crippen molar-refractivity contribution >= 4 is 40.0 Å². The minimum Gasteiger partial charge on any atom is -0.436 e. The van der Waals surface area contributed by atoms with Crippen LogP contribution in [0.5, 0.6) is 0 Å². The molecule has 3 aromatic carbocycles. The van der Waals surface area contributed by atoms with Crippen LogP contribution in [-0.4, -0.2) is 16.0 Å². The number of anilines is 1. The SMILES string of the molecule is Cc1ccc(-c2nc3ccccc3o2)cc1NC(=S)NC(=O)c1ccccc1. The number of para-hydroxylation sites is 2. The van der Waals surface area contributed by atoms with Crippen LogP contribution < -0.4 is 10.6 Å². The summed E-state index contributed by atoms with van der Waals surface area (Å²) in [6.07, 6.45) is 0. The number of amides is 1. The maximum Gasteiger partial charge on any atom is 0.257 e. The third-order valence-corrected chi connectivity index (χ3v) is 4.49. The fraction of sp³-hybridized carbons (Fsp3) is 0.0455. The van der Waals surface area contributed by atoms with Gasteiger partial charge in [0.05, 0.1) is 0 Å². The summed E-state index contributed by atoms with van der Waals surface area (Å²) >= 11 is 5.30. The number of rotatable bonds is 3. The molecule has 1 amide bonds. The number of nitrogens with one attached hydrogen (secondary N) is 2. The number of oxazole rings is 1. The first-order valence-electron chi connectivity index (χ1n) is 8.74. The van der Waals surface area contributed by atoms with E-state index in [0.29, 0.717) is 11.5 Å². The van der Waals surface area contributed by atoms with Gasteiger partial charge in [0, 0.05) is 16.8 Å². The molecule has 0 fully saturated rings. The van der Waals surface area contributed by atoms with Gasteiger partial charge in [-0.25, -0.2) is 4.98 Å². The highest BCUT2D eigenvalue weighted by Gasteiger charge is 2.12. The molecule has 0 aliphatic rings. The van der Waals surface area contributed by atoms with Crippen molar-refractivity contribution in [1.82, 2.24) is 10.3 Å². The molecule has 0 spiro atoms. The second-order valence-electron chi connectivity index (χ2n) is 6.29. The fourth-order valence-corrected chi connectivity index (χ4v) is 3.01. The third-order valence-electron chi connectivity index (χ3n) is 4.29. The molecule has 4 rings (SSSR count). The summed E-state index contributed by atoms with van der Waals surface area (Å²) in [5, 5.41) is 6.01. The second-order valence-corrected chi connectivity index (χ2v) is 6.70. The summed E-state index contributed by atoms with van der Waals surface area (Å²) in [5.41, 5.74) is 4.66. The molecule has 2 N–H and O–H groups in total. The highest BCUT2D eigenvalue weighted by atomic mass is 32.1. The van der Waals surface area contributed by atoms with Crippen molar-refractivity contribution < 1.29 is 9.21 Å². The van der Waals surface area contributed by atoms with E-state index in [9.17, 15) is 4.79 Å². The zero-order valence-corrected chi connectivity index (χ0v) is 15.9. The molecule has 6 heteroatoms. The Morgan fingerprint density at radius 3 is 2.54 bits per heavy atom. The van der Waals surface area contributed by atoms with Gasteiger partial charge in [-0.05, 0) is 61.1 Å². The van der Waals surface area contributed by atoms with E-state index >= 15 is 0 Å². The lowest BCUT2D eigenvalue weighted by atomic mass is 10.1. The Hall–Kier alpha value is -3.51. The van der Waals surface area contributed by atoms with Crippen molar-refractivity contribution in [2.45, 2.75) is 6.92 Å². The third kappa shape index (κ3) is 3.77. The number of benzene rings is 3. The number of hydrogen-bond acceptors (Lipinski definition) is 4. The molecule has 0 aliphatic carbocycles. The van der Waals surface area contributed by atoms with Gasteiger partial charge in [0.1, 0.15) is 5.52 Å². The van der Waals surface area contributed by atoms with Crippen molar-refractivity contribution in [3.8, 4) is 11.5 Å². The average Bonchev–Trinajstić information content (AvgIpc) is 3.14. The topological polar surface area (TPSA) is 67.2 Å². The van der Waals surface area contributed by atoms with Gasteiger partial charge in [0.2, 0.25) is 5.89 Å². The zero-order valence-electron chi connectivity index (χ0n) is 15.1. The van der Waals surface area contributed by atoms with E-state index in [1.54, 1.807) is 24.3 Å². The van der Waals surface area contributed by atoms with Crippen LogP contribution in [0.4, 0.5) is 5.69 Å². The molecule has 0 saturated carbocycles. The highest BCUT2D eigenvalue weighted by Crippen LogP contribution is 2.27. The fourth-order valence-electron chi connectivity index (χ4n) is 2.80.